The average Bonchev–Trinajstić information content (AvgIpc) is 3.06. The van der Waals surface area contributed by atoms with E-state index >= 15 is 0 Å². The summed E-state index contributed by atoms with van der Waals surface area (Å²) in [6, 6.07) is 0. The Bertz CT molecular complexity index is 336. The van der Waals surface area contributed by atoms with E-state index in [-0.39, 0.29) is 18.4 Å². The lowest BCUT2D eigenvalue weighted by atomic mass is 9.96. The molecule has 5 N–H and O–H groups in total. The standard InChI is InChI=1S/C10H17N3O4/c1-10(11,6-2-3-6)9(17)13-4-7(14)12-5-8(15)16/h6H,2-5,11H2,1H3,(H,12,14)(H,13,17)(H,15,16). The van der Waals surface area contributed by atoms with E-state index in [1.54, 1.807) is 6.92 Å². The number of nitrogens with two attached hydrogens (primary N) is 1. The molecule has 0 aliphatic heterocycles. The first-order valence-electron chi connectivity index (χ1n) is 5.39. The molecule has 1 atom stereocenters. The predicted octanol–water partition coefficient (Wildman–Crippen LogP) is -1.57. The minimum Gasteiger partial charge on any atom is -0.480 e. The molecule has 1 fully saturated rings. The first-order chi connectivity index (χ1) is 7.84. The fourth-order valence-corrected chi connectivity index (χ4v) is 1.46. The zero-order valence-electron chi connectivity index (χ0n) is 9.66. The van der Waals surface area contributed by atoms with Crippen molar-refractivity contribution in [3.8, 4) is 0 Å². The van der Waals surface area contributed by atoms with E-state index < -0.39 is 24.0 Å². The first kappa shape index (κ1) is 13.4. The van der Waals surface area contributed by atoms with Gasteiger partial charge in [0.25, 0.3) is 0 Å². The Morgan fingerprint density at radius 2 is 1.88 bits per heavy atom. The van der Waals surface area contributed by atoms with Crippen molar-refractivity contribution in [1.29, 1.82) is 0 Å². The molecule has 0 heterocycles. The van der Waals surface area contributed by atoms with Gasteiger partial charge in [-0.25, -0.2) is 0 Å². The number of hydrogen-bond acceptors (Lipinski definition) is 4. The number of hydrogen-bond donors (Lipinski definition) is 4. The molecule has 17 heavy (non-hydrogen) atoms. The topological polar surface area (TPSA) is 122 Å². The van der Waals surface area contributed by atoms with Crippen LogP contribution in [0.25, 0.3) is 0 Å². The highest BCUT2D eigenvalue weighted by Crippen LogP contribution is 2.37. The van der Waals surface area contributed by atoms with Crippen molar-refractivity contribution in [1.82, 2.24) is 10.6 Å². The summed E-state index contributed by atoms with van der Waals surface area (Å²) in [5.74, 6) is -1.89. The molecule has 0 aromatic carbocycles. The van der Waals surface area contributed by atoms with Crippen LogP contribution in [-0.2, 0) is 14.4 Å². The van der Waals surface area contributed by atoms with Crippen LogP contribution >= 0.6 is 0 Å². The summed E-state index contributed by atoms with van der Waals surface area (Å²) >= 11 is 0. The Morgan fingerprint density at radius 3 is 2.35 bits per heavy atom. The summed E-state index contributed by atoms with van der Waals surface area (Å²) < 4.78 is 0. The van der Waals surface area contributed by atoms with Gasteiger partial charge >= 0.3 is 5.97 Å². The van der Waals surface area contributed by atoms with E-state index in [4.69, 9.17) is 10.8 Å². The number of carbonyl (C=O) groups excluding carboxylic acids is 2. The smallest absolute Gasteiger partial charge is 0.322 e. The van der Waals surface area contributed by atoms with Gasteiger partial charge in [-0.15, -0.1) is 0 Å². The molecule has 0 spiro atoms. The molecule has 0 aromatic rings. The molecular weight excluding hydrogens is 226 g/mol. The number of nitrogens with one attached hydrogen (secondary N) is 2. The van der Waals surface area contributed by atoms with E-state index in [2.05, 4.69) is 10.6 Å². The average molecular weight is 243 g/mol. The molecule has 1 unspecified atom stereocenters. The van der Waals surface area contributed by atoms with E-state index in [9.17, 15) is 14.4 Å². The Hall–Kier alpha value is -1.63. The summed E-state index contributed by atoms with van der Waals surface area (Å²) in [7, 11) is 0. The molecule has 96 valence electrons. The molecule has 7 nitrogen and oxygen atoms in total. The predicted molar refractivity (Wildman–Crippen MR) is 59.0 cm³/mol. The zero-order valence-corrected chi connectivity index (χ0v) is 9.66. The van der Waals surface area contributed by atoms with E-state index in [0.29, 0.717) is 0 Å². The minimum atomic E-state index is -1.13. The largest absolute Gasteiger partial charge is 0.480 e. The van der Waals surface area contributed by atoms with Gasteiger partial charge in [-0.2, -0.15) is 0 Å². The third-order valence-electron chi connectivity index (χ3n) is 2.76. The van der Waals surface area contributed by atoms with Crippen molar-refractivity contribution in [2.45, 2.75) is 25.3 Å². The third kappa shape index (κ3) is 4.03. The van der Waals surface area contributed by atoms with E-state index in [0.717, 1.165) is 12.8 Å². The highest BCUT2D eigenvalue weighted by Gasteiger charge is 2.43. The molecule has 1 saturated carbocycles. The van der Waals surface area contributed by atoms with E-state index in [1.807, 2.05) is 0 Å². The van der Waals surface area contributed by atoms with Crippen LogP contribution < -0.4 is 16.4 Å². The van der Waals surface area contributed by atoms with Crippen LogP contribution in [0.4, 0.5) is 0 Å². The Balaban J connectivity index is 2.27. The molecule has 0 aromatic heterocycles. The van der Waals surface area contributed by atoms with Crippen molar-refractivity contribution < 1.29 is 19.5 Å². The molecular formula is C10H17N3O4. The quantitative estimate of drug-likeness (QED) is 0.449. The molecule has 7 heteroatoms. The summed E-state index contributed by atoms with van der Waals surface area (Å²) in [5, 5.41) is 12.9. The summed E-state index contributed by atoms with van der Waals surface area (Å²) in [5.41, 5.74) is 4.88. The number of aliphatic carboxylic acids is 1. The molecule has 1 aliphatic carbocycles. The molecule has 0 bridgehead atoms. The van der Waals surface area contributed by atoms with Crippen molar-refractivity contribution in [2.75, 3.05) is 13.1 Å². The van der Waals surface area contributed by atoms with Crippen molar-refractivity contribution in [3.05, 3.63) is 0 Å². The number of carboxylic acids is 1. The molecule has 0 saturated heterocycles. The van der Waals surface area contributed by atoms with Crippen LogP contribution in [0.1, 0.15) is 19.8 Å². The molecule has 1 aliphatic rings. The van der Waals surface area contributed by atoms with Gasteiger partial charge < -0.3 is 21.5 Å². The van der Waals surface area contributed by atoms with Gasteiger partial charge in [-0.05, 0) is 25.7 Å². The lowest BCUT2D eigenvalue weighted by Crippen LogP contribution is -2.55. The first-order valence-corrected chi connectivity index (χ1v) is 5.39. The lowest BCUT2D eigenvalue weighted by molar-refractivity contribution is -0.137. The normalized spacial score (nSPS) is 18.0. The van der Waals surface area contributed by atoms with Crippen LogP contribution in [0.3, 0.4) is 0 Å². The Kier molecular flexibility index (Phi) is 4.06. The number of amides is 2. The van der Waals surface area contributed by atoms with Crippen molar-refractivity contribution in [2.24, 2.45) is 11.7 Å². The second-order valence-electron chi connectivity index (χ2n) is 4.41. The maximum absolute atomic E-state index is 11.7. The van der Waals surface area contributed by atoms with Crippen LogP contribution in [0.5, 0.6) is 0 Å². The van der Waals surface area contributed by atoms with E-state index in [1.165, 1.54) is 0 Å². The summed E-state index contributed by atoms with van der Waals surface area (Å²) in [6.45, 7) is 0.915. The maximum atomic E-state index is 11.7. The number of rotatable bonds is 6. The van der Waals surface area contributed by atoms with Crippen molar-refractivity contribution >= 4 is 17.8 Å². The number of carboxylic acid groups (broad SMARTS) is 1. The van der Waals surface area contributed by atoms with Gasteiger partial charge in [-0.1, -0.05) is 0 Å². The SMILES string of the molecule is CC(N)(C(=O)NCC(=O)NCC(=O)O)C1CC1. The second-order valence-corrected chi connectivity index (χ2v) is 4.41. The van der Waals surface area contributed by atoms with Gasteiger partial charge in [0, 0.05) is 0 Å². The molecule has 2 amide bonds. The second kappa shape index (κ2) is 5.13. The van der Waals surface area contributed by atoms with Crippen LogP contribution in [-0.4, -0.2) is 41.5 Å². The van der Waals surface area contributed by atoms with Crippen LogP contribution in [0.15, 0.2) is 0 Å². The zero-order chi connectivity index (χ0) is 13.1. The monoisotopic (exact) mass is 243 g/mol. The Labute approximate surface area is 98.7 Å². The lowest BCUT2D eigenvalue weighted by Gasteiger charge is -2.22. The van der Waals surface area contributed by atoms with Gasteiger partial charge in [0.15, 0.2) is 0 Å². The van der Waals surface area contributed by atoms with Crippen LogP contribution in [0, 0.1) is 5.92 Å². The van der Waals surface area contributed by atoms with Crippen molar-refractivity contribution in [3.63, 3.8) is 0 Å². The van der Waals surface area contributed by atoms with Gasteiger partial charge in [-0.3, -0.25) is 14.4 Å². The number of carbonyl (C=O) groups is 3. The minimum absolute atomic E-state index is 0.171. The third-order valence-corrected chi connectivity index (χ3v) is 2.76. The fourth-order valence-electron chi connectivity index (χ4n) is 1.46. The highest BCUT2D eigenvalue weighted by atomic mass is 16.4. The summed E-state index contributed by atoms with van der Waals surface area (Å²) in [6.07, 6.45) is 1.84. The highest BCUT2D eigenvalue weighted by molar-refractivity contribution is 5.91. The van der Waals surface area contributed by atoms with Gasteiger partial charge in [0.1, 0.15) is 6.54 Å². The van der Waals surface area contributed by atoms with Crippen LogP contribution in [0.2, 0.25) is 0 Å². The van der Waals surface area contributed by atoms with Gasteiger partial charge in [0.05, 0.1) is 12.1 Å². The summed E-state index contributed by atoms with van der Waals surface area (Å²) in [4.78, 5) is 33.0. The molecule has 1 rings (SSSR count). The maximum Gasteiger partial charge on any atom is 0.322 e. The fraction of sp³-hybridized carbons (Fsp3) is 0.700. The van der Waals surface area contributed by atoms with Gasteiger partial charge in [0.2, 0.25) is 11.8 Å². The Morgan fingerprint density at radius 1 is 1.29 bits per heavy atom. The molecule has 0 radical (unpaired) electrons.